The first-order valence-electron chi connectivity index (χ1n) is 9.33. The first kappa shape index (κ1) is 19.5. The minimum atomic E-state index is -1.23. The summed E-state index contributed by atoms with van der Waals surface area (Å²) >= 11 is 0. The van der Waals surface area contributed by atoms with Crippen molar-refractivity contribution in [3.05, 3.63) is 66.2 Å². The molecule has 0 spiro atoms. The van der Waals surface area contributed by atoms with E-state index < -0.39 is 11.5 Å². The maximum atomic E-state index is 13.2. The molecule has 1 fully saturated rings. The quantitative estimate of drug-likeness (QED) is 0.451. The van der Waals surface area contributed by atoms with E-state index in [1.807, 2.05) is 36.4 Å². The first-order valence-corrected chi connectivity index (χ1v) is 9.33. The van der Waals surface area contributed by atoms with Crippen LogP contribution >= 0.6 is 0 Å². The Bertz CT molecular complexity index is 914. The molecule has 1 aliphatic heterocycles. The molecule has 0 bridgehead atoms. The average Bonchev–Trinajstić information content (AvgIpc) is 3.15. The van der Waals surface area contributed by atoms with E-state index in [0.29, 0.717) is 18.5 Å². The van der Waals surface area contributed by atoms with Crippen LogP contribution in [0.5, 0.6) is 0 Å². The molecule has 0 saturated carbocycles. The van der Waals surface area contributed by atoms with Gasteiger partial charge in [0.25, 0.3) is 0 Å². The van der Waals surface area contributed by atoms with Crippen LogP contribution in [0.4, 0.5) is 5.69 Å². The number of hydrogen-bond donors (Lipinski definition) is 0. The van der Waals surface area contributed by atoms with E-state index >= 15 is 0 Å². The Kier molecular flexibility index (Phi) is 5.70. The monoisotopic (exact) mass is 373 g/mol. The summed E-state index contributed by atoms with van der Waals surface area (Å²) in [7, 11) is 0. The summed E-state index contributed by atoms with van der Waals surface area (Å²) in [6.07, 6.45) is 2.33. The Morgan fingerprint density at radius 2 is 1.71 bits per heavy atom. The molecule has 0 radical (unpaired) electrons. The summed E-state index contributed by atoms with van der Waals surface area (Å²) in [5.41, 5.74) is 0.0955. The van der Waals surface area contributed by atoms with E-state index in [0.717, 1.165) is 5.69 Å². The molecule has 5 nitrogen and oxygen atoms in total. The Balaban J connectivity index is 1.76. The van der Waals surface area contributed by atoms with Crippen molar-refractivity contribution < 1.29 is 9.59 Å². The van der Waals surface area contributed by atoms with Gasteiger partial charge in [-0.3, -0.25) is 14.6 Å². The van der Waals surface area contributed by atoms with Gasteiger partial charge in [0.1, 0.15) is 11.5 Å². The van der Waals surface area contributed by atoms with E-state index in [4.69, 9.17) is 0 Å². The van der Waals surface area contributed by atoms with Crippen LogP contribution in [-0.2, 0) is 4.79 Å². The molecule has 3 rings (SSSR count). The summed E-state index contributed by atoms with van der Waals surface area (Å²) in [6.45, 7) is 3.65. The molecule has 0 aromatic heterocycles. The fourth-order valence-corrected chi connectivity index (χ4v) is 3.44. The van der Waals surface area contributed by atoms with Gasteiger partial charge in [0, 0.05) is 24.2 Å². The molecular formula is C23H23N3O2. The maximum Gasteiger partial charge on any atom is 0.237 e. The van der Waals surface area contributed by atoms with Crippen LogP contribution in [0, 0.1) is 22.7 Å². The van der Waals surface area contributed by atoms with Gasteiger partial charge in [-0.15, -0.1) is 0 Å². The highest BCUT2D eigenvalue weighted by Gasteiger charge is 2.44. The molecule has 28 heavy (non-hydrogen) atoms. The third-order valence-corrected chi connectivity index (χ3v) is 5.07. The number of nitrogens with zero attached hydrogens (tertiary/aromatic N) is 3. The Hall–Kier alpha value is -3.26. The molecule has 0 aliphatic carbocycles. The molecule has 142 valence electrons. The molecule has 2 aromatic carbocycles. The fourth-order valence-electron chi connectivity index (χ4n) is 3.44. The lowest BCUT2D eigenvalue weighted by molar-refractivity contribution is -0.137. The van der Waals surface area contributed by atoms with Crippen LogP contribution in [0.25, 0.3) is 0 Å². The van der Waals surface area contributed by atoms with Gasteiger partial charge in [0.2, 0.25) is 5.91 Å². The number of carbonyl (C=O) groups is 2. The molecule has 2 aromatic rings. The largest absolute Gasteiger partial charge is 0.325 e. The second-order valence-corrected chi connectivity index (χ2v) is 7.53. The average molecular weight is 373 g/mol. The second-order valence-electron chi connectivity index (χ2n) is 7.53. The van der Waals surface area contributed by atoms with Crippen LogP contribution in [0.3, 0.4) is 0 Å². The number of ketones is 1. The van der Waals surface area contributed by atoms with Gasteiger partial charge < -0.3 is 4.90 Å². The number of nitriles is 1. The number of rotatable bonds is 5. The highest BCUT2D eigenvalue weighted by Crippen LogP contribution is 2.31. The first-order chi connectivity index (χ1) is 13.4. The van der Waals surface area contributed by atoms with E-state index in [-0.39, 0.29) is 17.6 Å². The van der Waals surface area contributed by atoms with E-state index in [9.17, 15) is 14.9 Å². The van der Waals surface area contributed by atoms with Crippen molar-refractivity contribution in [3.63, 3.8) is 0 Å². The lowest BCUT2D eigenvalue weighted by Gasteiger charge is -2.30. The Morgan fingerprint density at radius 1 is 1.11 bits per heavy atom. The molecule has 1 aliphatic rings. The summed E-state index contributed by atoms with van der Waals surface area (Å²) < 4.78 is 0. The number of carbonyl (C=O) groups excluding carboxylic acids is 2. The topological polar surface area (TPSA) is 73.5 Å². The second kappa shape index (κ2) is 8.18. The summed E-state index contributed by atoms with van der Waals surface area (Å²) in [4.78, 5) is 32.1. The van der Waals surface area contributed by atoms with Crippen LogP contribution in [-0.4, -0.2) is 35.4 Å². The molecule has 1 saturated heterocycles. The smallest absolute Gasteiger partial charge is 0.237 e. The summed E-state index contributed by atoms with van der Waals surface area (Å²) in [6, 6.07) is 20.0. The Morgan fingerprint density at radius 3 is 2.32 bits per heavy atom. The number of aliphatic imine (C=N–C) groups is 1. The molecule has 5 heteroatoms. The van der Waals surface area contributed by atoms with Crippen molar-refractivity contribution in [3.8, 4) is 6.07 Å². The summed E-state index contributed by atoms with van der Waals surface area (Å²) in [5, 5.41) is 9.54. The van der Waals surface area contributed by atoms with Crippen LogP contribution in [0.2, 0.25) is 0 Å². The van der Waals surface area contributed by atoms with E-state index in [1.165, 1.54) is 4.90 Å². The highest BCUT2D eigenvalue weighted by atomic mass is 16.2. The molecule has 2 atom stereocenters. The SMILES string of the molecule is CC(C)(C(=O)c1ccccc1)C(=O)N1CC(C=Nc2ccccc2)CC1C#N. The number of benzene rings is 2. The number of para-hydroxylation sites is 1. The lowest BCUT2D eigenvalue weighted by Crippen LogP contribution is -2.47. The fraction of sp³-hybridized carbons (Fsp3) is 0.304. The maximum absolute atomic E-state index is 13.2. The van der Waals surface area contributed by atoms with Crippen molar-refractivity contribution in [2.75, 3.05) is 6.54 Å². The van der Waals surface area contributed by atoms with Crippen molar-refractivity contribution in [1.29, 1.82) is 5.26 Å². The van der Waals surface area contributed by atoms with Crippen LogP contribution < -0.4 is 0 Å². The molecule has 0 N–H and O–H groups in total. The zero-order valence-corrected chi connectivity index (χ0v) is 16.1. The van der Waals surface area contributed by atoms with Gasteiger partial charge in [0.15, 0.2) is 5.78 Å². The third kappa shape index (κ3) is 4.01. The van der Waals surface area contributed by atoms with E-state index in [1.54, 1.807) is 44.3 Å². The van der Waals surface area contributed by atoms with Crippen LogP contribution in [0.1, 0.15) is 30.6 Å². The number of hydrogen-bond acceptors (Lipinski definition) is 4. The van der Waals surface area contributed by atoms with Gasteiger partial charge >= 0.3 is 0 Å². The standard InChI is InChI=1S/C23H23N3O2/c1-23(2,21(27)18-9-5-3-6-10-18)22(28)26-16-17(13-20(26)14-24)15-25-19-11-7-4-8-12-19/h3-12,15,17,20H,13,16H2,1-2H3. The highest BCUT2D eigenvalue weighted by molar-refractivity contribution is 6.13. The van der Waals surface area contributed by atoms with Crippen molar-refractivity contribution >= 4 is 23.6 Å². The van der Waals surface area contributed by atoms with E-state index in [2.05, 4.69) is 11.1 Å². The minimum Gasteiger partial charge on any atom is -0.325 e. The number of amides is 1. The van der Waals surface area contributed by atoms with Crippen molar-refractivity contribution in [2.45, 2.75) is 26.3 Å². The normalized spacial score (nSPS) is 19.5. The molecule has 2 unspecified atom stereocenters. The predicted octanol–water partition coefficient (Wildman–Crippen LogP) is 4.04. The van der Waals surface area contributed by atoms with Crippen LogP contribution in [0.15, 0.2) is 65.7 Å². The zero-order chi connectivity index (χ0) is 20.1. The molecule has 1 amide bonds. The third-order valence-electron chi connectivity index (χ3n) is 5.07. The van der Waals surface area contributed by atoms with Crippen molar-refractivity contribution in [1.82, 2.24) is 4.90 Å². The van der Waals surface area contributed by atoms with Gasteiger partial charge in [-0.1, -0.05) is 48.5 Å². The minimum absolute atomic E-state index is 0.0172. The molecule has 1 heterocycles. The summed E-state index contributed by atoms with van der Waals surface area (Å²) in [5.74, 6) is -0.573. The van der Waals surface area contributed by atoms with Gasteiger partial charge in [0.05, 0.1) is 11.8 Å². The predicted molar refractivity (Wildman–Crippen MR) is 108 cm³/mol. The van der Waals surface area contributed by atoms with Gasteiger partial charge in [-0.05, 0) is 32.4 Å². The number of Topliss-reactive ketones (excluding diaryl/α,β-unsaturated/α-hetero) is 1. The molecular weight excluding hydrogens is 350 g/mol. The number of likely N-dealkylation sites (tertiary alicyclic amines) is 1. The van der Waals surface area contributed by atoms with Gasteiger partial charge in [-0.2, -0.15) is 5.26 Å². The Labute approximate surface area is 165 Å². The van der Waals surface area contributed by atoms with Gasteiger partial charge in [-0.25, -0.2) is 0 Å². The van der Waals surface area contributed by atoms with Crippen molar-refractivity contribution in [2.24, 2.45) is 16.3 Å². The lowest BCUT2D eigenvalue weighted by atomic mass is 9.82. The zero-order valence-electron chi connectivity index (χ0n) is 16.1.